The molecule has 0 saturated carbocycles. The predicted molar refractivity (Wildman–Crippen MR) is 95.6 cm³/mol. The topological polar surface area (TPSA) is 75.3 Å². The van der Waals surface area contributed by atoms with Crippen molar-refractivity contribution in [2.24, 2.45) is 5.92 Å². The van der Waals surface area contributed by atoms with Gasteiger partial charge in [-0.1, -0.05) is 37.6 Å². The molecule has 1 amide bonds. The van der Waals surface area contributed by atoms with Crippen LogP contribution in [-0.2, 0) is 10.0 Å². The Hall–Kier alpha value is -2.18. The number of amides is 1. The summed E-state index contributed by atoms with van der Waals surface area (Å²) in [5, 5.41) is 2.76. The van der Waals surface area contributed by atoms with Gasteiger partial charge in [-0.2, -0.15) is 0 Å². The fraction of sp³-hybridized carbons (Fsp3) is 0.278. The lowest BCUT2D eigenvalue weighted by atomic mass is 10.2. The molecule has 6 heteroatoms. The van der Waals surface area contributed by atoms with E-state index < -0.39 is 10.0 Å². The van der Waals surface area contributed by atoms with Gasteiger partial charge >= 0.3 is 0 Å². The zero-order valence-electron chi connectivity index (χ0n) is 14.0. The lowest BCUT2D eigenvalue weighted by Crippen LogP contribution is -2.27. The normalized spacial score (nSPS) is 11.5. The summed E-state index contributed by atoms with van der Waals surface area (Å²) >= 11 is 0. The SMILES string of the molecule is Cc1ccc(NC(=O)c2cccc(S(=O)(=O)NCC(C)C)c2)cc1. The van der Waals surface area contributed by atoms with Crippen LogP contribution in [0.25, 0.3) is 0 Å². The summed E-state index contributed by atoms with van der Waals surface area (Å²) < 4.78 is 27.1. The third kappa shape index (κ3) is 4.91. The van der Waals surface area contributed by atoms with Crippen molar-refractivity contribution in [3.8, 4) is 0 Å². The fourth-order valence-electron chi connectivity index (χ4n) is 2.00. The first-order valence-corrected chi connectivity index (χ1v) is 9.24. The first-order valence-electron chi connectivity index (χ1n) is 7.75. The summed E-state index contributed by atoms with van der Waals surface area (Å²) in [6.07, 6.45) is 0. The molecule has 2 N–H and O–H groups in total. The Morgan fingerprint density at radius 2 is 1.75 bits per heavy atom. The van der Waals surface area contributed by atoms with Crippen molar-refractivity contribution < 1.29 is 13.2 Å². The molecule has 0 atom stereocenters. The second kappa shape index (κ2) is 7.59. The number of carbonyl (C=O) groups is 1. The predicted octanol–water partition coefficient (Wildman–Crippen LogP) is 3.18. The van der Waals surface area contributed by atoms with E-state index in [1.54, 1.807) is 24.3 Å². The largest absolute Gasteiger partial charge is 0.322 e. The van der Waals surface area contributed by atoms with Crippen LogP contribution in [0.1, 0.15) is 29.8 Å². The van der Waals surface area contributed by atoms with Crippen LogP contribution in [0.4, 0.5) is 5.69 Å². The molecule has 2 rings (SSSR count). The van der Waals surface area contributed by atoms with E-state index in [9.17, 15) is 13.2 Å². The molecule has 0 fully saturated rings. The van der Waals surface area contributed by atoms with Gasteiger partial charge in [0, 0.05) is 17.8 Å². The van der Waals surface area contributed by atoms with Crippen LogP contribution in [0.2, 0.25) is 0 Å². The van der Waals surface area contributed by atoms with Crippen LogP contribution in [0.5, 0.6) is 0 Å². The fourth-order valence-corrected chi connectivity index (χ4v) is 3.26. The Bertz CT molecular complexity index is 812. The average Bonchev–Trinajstić information content (AvgIpc) is 2.55. The van der Waals surface area contributed by atoms with E-state index in [2.05, 4.69) is 10.0 Å². The van der Waals surface area contributed by atoms with Gasteiger partial charge in [-0.3, -0.25) is 4.79 Å². The molecular weight excluding hydrogens is 324 g/mol. The van der Waals surface area contributed by atoms with Gasteiger partial charge in [0.15, 0.2) is 0 Å². The van der Waals surface area contributed by atoms with Crippen LogP contribution < -0.4 is 10.0 Å². The number of hydrogen-bond acceptors (Lipinski definition) is 3. The summed E-state index contributed by atoms with van der Waals surface area (Å²) in [6, 6.07) is 13.4. The maximum Gasteiger partial charge on any atom is 0.255 e. The van der Waals surface area contributed by atoms with E-state index in [4.69, 9.17) is 0 Å². The Labute approximate surface area is 143 Å². The van der Waals surface area contributed by atoms with Crippen LogP contribution >= 0.6 is 0 Å². The molecule has 2 aromatic carbocycles. The van der Waals surface area contributed by atoms with Crippen LogP contribution in [-0.4, -0.2) is 20.9 Å². The van der Waals surface area contributed by atoms with Gasteiger partial charge in [-0.05, 0) is 43.2 Å². The van der Waals surface area contributed by atoms with Crippen molar-refractivity contribution in [2.75, 3.05) is 11.9 Å². The number of anilines is 1. The molecule has 0 aliphatic carbocycles. The van der Waals surface area contributed by atoms with Crippen molar-refractivity contribution in [2.45, 2.75) is 25.7 Å². The second-order valence-corrected chi connectivity index (χ2v) is 7.86. The Morgan fingerprint density at radius 3 is 2.38 bits per heavy atom. The minimum Gasteiger partial charge on any atom is -0.322 e. The lowest BCUT2D eigenvalue weighted by molar-refractivity contribution is 0.102. The monoisotopic (exact) mass is 346 g/mol. The highest BCUT2D eigenvalue weighted by atomic mass is 32.2. The highest BCUT2D eigenvalue weighted by Gasteiger charge is 2.16. The number of benzene rings is 2. The van der Waals surface area contributed by atoms with Crippen molar-refractivity contribution >= 4 is 21.6 Å². The van der Waals surface area contributed by atoms with Crippen LogP contribution in [0, 0.1) is 12.8 Å². The third-order valence-corrected chi connectivity index (χ3v) is 4.82. The van der Waals surface area contributed by atoms with E-state index in [1.165, 1.54) is 12.1 Å². The van der Waals surface area contributed by atoms with Gasteiger partial charge < -0.3 is 5.32 Å². The second-order valence-electron chi connectivity index (χ2n) is 6.09. The van der Waals surface area contributed by atoms with E-state index in [0.717, 1.165) is 5.56 Å². The van der Waals surface area contributed by atoms with Crippen LogP contribution in [0.15, 0.2) is 53.4 Å². The molecule has 2 aromatic rings. The summed E-state index contributed by atoms with van der Waals surface area (Å²) in [5.41, 5.74) is 2.05. The molecule has 0 unspecified atom stereocenters. The number of sulfonamides is 1. The first kappa shape index (κ1) is 18.2. The number of carbonyl (C=O) groups excluding carboxylic acids is 1. The number of nitrogens with one attached hydrogen (secondary N) is 2. The van der Waals surface area contributed by atoms with Gasteiger partial charge in [0.1, 0.15) is 0 Å². The minimum absolute atomic E-state index is 0.0831. The molecule has 128 valence electrons. The van der Waals surface area contributed by atoms with Crippen LogP contribution in [0.3, 0.4) is 0 Å². The highest BCUT2D eigenvalue weighted by molar-refractivity contribution is 7.89. The molecule has 0 spiro atoms. The number of hydrogen-bond donors (Lipinski definition) is 2. The van der Waals surface area contributed by atoms with Gasteiger partial charge in [0.05, 0.1) is 4.90 Å². The molecule has 5 nitrogen and oxygen atoms in total. The van der Waals surface area contributed by atoms with Crippen molar-refractivity contribution in [3.63, 3.8) is 0 Å². The molecule has 0 radical (unpaired) electrons. The Balaban J connectivity index is 2.17. The van der Waals surface area contributed by atoms with Crippen molar-refractivity contribution in [1.82, 2.24) is 4.72 Å². The van der Waals surface area contributed by atoms with E-state index >= 15 is 0 Å². The molecule has 24 heavy (non-hydrogen) atoms. The number of rotatable bonds is 6. The zero-order valence-corrected chi connectivity index (χ0v) is 14.9. The van der Waals surface area contributed by atoms with Gasteiger partial charge in [0.25, 0.3) is 5.91 Å². The standard InChI is InChI=1S/C18H22N2O3S/c1-13(2)12-19-24(22,23)17-6-4-5-15(11-17)18(21)20-16-9-7-14(3)8-10-16/h4-11,13,19H,12H2,1-3H3,(H,20,21). The Morgan fingerprint density at radius 1 is 1.08 bits per heavy atom. The molecular formula is C18H22N2O3S. The summed E-state index contributed by atoms with van der Waals surface area (Å²) in [4.78, 5) is 12.4. The third-order valence-electron chi connectivity index (χ3n) is 3.40. The maximum atomic E-state index is 12.3. The zero-order chi connectivity index (χ0) is 17.7. The Kier molecular flexibility index (Phi) is 5.75. The quantitative estimate of drug-likeness (QED) is 0.843. The van der Waals surface area contributed by atoms with E-state index in [1.807, 2.05) is 32.9 Å². The molecule has 0 aliphatic heterocycles. The van der Waals surface area contributed by atoms with Crippen molar-refractivity contribution in [3.05, 3.63) is 59.7 Å². The van der Waals surface area contributed by atoms with Gasteiger partial charge in [-0.25, -0.2) is 13.1 Å². The molecule has 0 bridgehead atoms. The summed E-state index contributed by atoms with van der Waals surface area (Å²) in [6.45, 7) is 6.16. The summed E-state index contributed by atoms with van der Waals surface area (Å²) in [7, 11) is -3.62. The maximum absolute atomic E-state index is 12.3. The first-order chi connectivity index (χ1) is 11.3. The highest BCUT2D eigenvalue weighted by Crippen LogP contribution is 2.15. The molecule has 0 saturated heterocycles. The molecule has 0 aliphatic rings. The van der Waals surface area contributed by atoms with Crippen molar-refractivity contribution in [1.29, 1.82) is 0 Å². The summed E-state index contributed by atoms with van der Waals surface area (Å²) in [5.74, 6) is -0.146. The molecule has 0 aromatic heterocycles. The minimum atomic E-state index is -3.62. The van der Waals surface area contributed by atoms with E-state index in [0.29, 0.717) is 17.8 Å². The number of aryl methyl sites for hydroxylation is 1. The molecule has 0 heterocycles. The smallest absolute Gasteiger partial charge is 0.255 e. The van der Waals surface area contributed by atoms with Gasteiger partial charge in [0.2, 0.25) is 10.0 Å². The van der Waals surface area contributed by atoms with E-state index in [-0.39, 0.29) is 16.7 Å². The lowest BCUT2D eigenvalue weighted by Gasteiger charge is -2.10. The average molecular weight is 346 g/mol. The van der Waals surface area contributed by atoms with Gasteiger partial charge in [-0.15, -0.1) is 0 Å².